The van der Waals surface area contributed by atoms with Gasteiger partial charge in [-0.05, 0) is 27.7 Å². The van der Waals surface area contributed by atoms with Crippen molar-refractivity contribution in [2.45, 2.75) is 45.2 Å². The van der Waals surface area contributed by atoms with E-state index in [9.17, 15) is 0 Å². The zero-order valence-corrected chi connectivity index (χ0v) is 11.6. The number of aromatic nitrogens is 1. The summed E-state index contributed by atoms with van der Waals surface area (Å²) in [6.45, 7) is 8.08. The van der Waals surface area contributed by atoms with Gasteiger partial charge >= 0.3 is 0 Å². The summed E-state index contributed by atoms with van der Waals surface area (Å²) < 4.78 is 12.0. The highest BCUT2D eigenvalue weighted by atomic mass is 16.7. The van der Waals surface area contributed by atoms with Crippen molar-refractivity contribution in [3.05, 3.63) is 17.8 Å². The smallest absolute Gasteiger partial charge is 0.188 e. The number of nitrogens with two attached hydrogens (primary N) is 1. The van der Waals surface area contributed by atoms with E-state index in [4.69, 9.17) is 15.3 Å². The van der Waals surface area contributed by atoms with E-state index in [2.05, 4.69) is 10.4 Å². The molecule has 5 nitrogen and oxygen atoms in total. The van der Waals surface area contributed by atoms with Crippen LogP contribution in [0.1, 0.15) is 39.5 Å². The summed E-state index contributed by atoms with van der Waals surface area (Å²) in [6, 6.07) is 1.98. The second kappa shape index (κ2) is 4.22. The minimum absolute atomic E-state index is 0.368. The SMILES string of the molecule is Bc1cnc(NN)c(C2OC(C)(C)C(C)(C)O2)c1. The minimum Gasteiger partial charge on any atom is -0.339 e. The molecule has 2 rings (SSSR count). The zero-order chi connectivity index (χ0) is 13.6. The van der Waals surface area contributed by atoms with Crippen molar-refractivity contribution in [3.63, 3.8) is 0 Å². The van der Waals surface area contributed by atoms with E-state index >= 15 is 0 Å². The molecule has 0 amide bonds. The average Bonchev–Trinajstić information content (AvgIpc) is 2.48. The Morgan fingerprint density at radius 3 is 2.33 bits per heavy atom. The number of hydrazine groups is 1. The topological polar surface area (TPSA) is 69.4 Å². The quantitative estimate of drug-likeness (QED) is 0.446. The lowest BCUT2D eigenvalue weighted by Gasteiger charge is -2.30. The lowest BCUT2D eigenvalue weighted by Crippen LogP contribution is -2.41. The minimum atomic E-state index is -0.451. The standard InChI is InChI=1S/C12H20BN3O2/c1-11(2)12(3,4)18-10(17-11)8-5-7(13)6-15-9(8)16-14/h5-6,10H,13-14H2,1-4H3,(H,15,16). The summed E-state index contributed by atoms with van der Waals surface area (Å²) in [6.07, 6.45) is 1.30. The van der Waals surface area contributed by atoms with Crippen molar-refractivity contribution < 1.29 is 9.47 Å². The number of nitrogens with zero attached hydrogens (tertiary/aromatic N) is 1. The van der Waals surface area contributed by atoms with Crippen LogP contribution >= 0.6 is 0 Å². The van der Waals surface area contributed by atoms with Gasteiger partial charge in [-0.15, -0.1) is 0 Å². The Morgan fingerprint density at radius 1 is 1.28 bits per heavy atom. The number of nitrogen functional groups attached to an aromatic ring is 1. The van der Waals surface area contributed by atoms with Gasteiger partial charge in [0.2, 0.25) is 0 Å². The largest absolute Gasteiger partial charge is 0.339 e. The van der Waals surface area contributed by atoms with Crippen LogP contribution in [0.2, 0.25) is 0 Å². The van der Waals surface area contributed by atoms with Gasteiger partial charge < -0.3 is 14.9 Å². The number of hydrogen-bond donors (Lipinski definition) is 2. The van der Waals surface area contributed by atoms with Crippen LogP contribution < -0.4 is 16.7 Å². The first-order valence-corrected chi connectivity index (χ1v) is 6.05. The van der Waals surface area contributed by atoms with Gasteiger partial charge in [-0.2, -0.15) is 0 Å². The molecule has 1 aliphatic heterocycles. The number of rotatable bonds is 2. The average molecular weight is 249 g/mol. The Hall–Kier alpha value is -1.11. The number of anilines is 1. The van der Waals surface area contributed by atoms with Crippen LogP contribution in [0.15, 0.2) is 12.3 Å². The van der Waals surface area contributed by atoms with E-state index in [0.29, 0.717) is 5.82 Å². The predicted octanol–water partition coefficient (Wildman–Crippen LogP) is 0.228. The lowest BCUT2D eigenvalue weighted by molar-refractivity contribution is -0.0892. The van der Waals surface area contributed by atoms with Gasteiger partial charge in [0.15, 0.2) is 6.29 Å². The first kappa shape index (κ1) is 13.3. The number of pyridine rings is 1. The Morgan fingerprint density at radius 2 is 1.83 bits per heavy atom. The zero-order valence-electron chi connectivity index (χ0n) is 11.6. The molecular weight excluding hydrogens is 229 g/mol. The second-order valence-electron chi connectivity index (χ2n) is 5.68. The molecule has 6 heteroatoms. The monoisotopic (exact) mass is 249 g/mol. The molecule has 1 aromatic rings. The molecule has 0 aromatic carbocycles. The third kappa shape index (κ3) is 2.11. The third-order valence-corrected chi connectivity index (χ3v) is 3.70. The molecule has 1 aliphatic rings. The Balaban J connectivity index is 2.37. The van der Waals surface area contributed by atoms with Gasteiger partial charge in [0.25, 0.3) is 0 Å². The number of hydrogen-bond acceptors (Lipinski definition) is 5. The molecule has 0 bridgehead atoms. The molecule has 0 atom stereocenters. The summed E-state index contributed by atoms with van der Waals surface area (Å²) in [5.74, 6) is 6.06. The molecule has 1 saturated heterocycles. The third-order valence-electron chi connectivity index (χ3n) is 3.70. The van der Waals surface area contributed by atoms with Crippen LogP contribution in [-0.2, 0) is 9.47 Å². The van der Waals surface area contributed by atoms with Crippen molar-refractivity contribution >= 4 is 19.1 Å². The van der Waals surface area contributed by atoms with Crippen LogP contribution in [0.3, 0.4) is 0 Å². The van der Waals surface area contributed by atoms with Crippen molar-refractivity contribution in [1.29, 1.82) is 0 Å². The summed E-state index contributed by atoms with van der Waals surface area (Å²) in [5.41, 5.74) is 3.72. The highest BCUT2D eigenvalue weighted by molar-refractivity contribution is 6.32. The molecule has 1 aromatic heterocycles. The van der Waals surface area contributed by atoms with E-state index in [1.807, 2.05) is 41.6 Å². The molecule has 3 N–H and O–H groups in total. The van der Waals surface area contributed by atoms with Gasteiger partial charge in [0.1, 0.15) is 13.7 Å². The van der Waals surface area contributed by atoms with Crippen LogP contribution in [0.25, 0.3) is 0 Å². The number of nitrogens with one attached hydrogen (secondary N) is 1. The first-order valence-electron chi connectivity index (χ1n) is 6.05. The van der Waals surface area contributed by atoms with E-state index in [-0.39, 0.29) is 11.2 Å². The van der Waals surface area contributed by atoms with E-state index in [1.165, 1.54) is 0 Å². The first-order chi connectivity index (χ1) is 8.27. The molecule has 1 fully saturated rings. The molecule has 0 radical (unpaired) electrons. The highest BCUT2D eigenvalue weighted by Crippen LogP contribution is 2.45. The van der Waals surface area contributed by atoms with E-state index in [1.54, 1.807) is 6.20 Å². The van der Waals surface area contributed by atoms with Crippen LogP contribution in [0.4, 0.5) is 5.82 Å². The van der Waals surface area contributed by atoms with Crippen molar-refractivity contribution in [3.8, 4) is 0 Å². The van der Waals surface area contributed by atoms with E-state index in [0.717, 1.165) is 11.0 Å². The maximum absolute atomic E-state index is 5.99. The molecule has 2 heterocycles. The highest BCUT2D eigenvalue weighted by Gasteiger charge is 2.50. The van der Waals surface area contributed by atoms with Crippen LogP contribution in [-0.4, -0.2) is 24.0 Å². The van der Waals surface area contributed by atoms with Crippen LogP contribution in [0, 0.1) is 0 Å². The fourth-order valence-electron chi connectivity index (χ4n) is 1.86. The molecular formula is C12H20BN3O2. The Labute approximate surface area is 108 Å². The number of ether oxygens (including phenoxy) is 2. The summed E-state index contributed by atoms with van der Waals surface area (Å²) in [4.78, 5) is 4.24. The predicted molar refractivity (Wildman–Crippen MR) is 73.3 cm³/mol. The van der Waals surface area contributed by atoms with Crippen LogP contribution in [0.5, 0.6) is 0 Å². The summed E-state index contributed by atoms with van der Waals surface area (Å²) >= 11 is 0. The van der Waals surface area contributed by atoms with Gasteiger partial charge in [0, 0.05) is 6.20 Å². The fraction of sp³-hybridized carbons (Fsp3) is 0.583. The maximum Gasteiger partial charge on any atom is 0.188 e. The van der Waals surface area contributed by atoms with Crippen molar-refractivity contribution in [2.75, 3.05) is 5.43 Å². The maximum atomic E-state index is 5.99. The second-order valence-corrected chi connectivity index (χ2v) is 5.68. The Kier molecular flexibility index (Phi) is 3.13. The van der Waals surface area contributed by atoms with Gasteiger partial charge in [-0.3, -0.25) is 0 Å². The molecule has 18 heavy (non-hydrogen) atoms. The Bertz CT molecular complexity index is 447. The normalized spacial score (nSPS) is 22.1. The van der Waals surface area contributed by atoms with E-state index < -0.39 is 6.29 Å². The molecule has 0 aliphatic carbocycles. The molecule has 98 valence electrons. The molecule has 0 saturated carbocycles. The van der Waals surface area contributed by atoms with Gasteiger partial charge in [-0.1, -0.05) is 11.5 Å². The van der Waals surface area contributed by atoms with Gasteiger partial charge in [-0.25, -0.2) is 10.8 Å². The molecule has 0 spiro atoms. The lowest BCUT2D eigenvalue weighted by atomic mass is 9.90. The van der Waals surface area contributed by atoms with Gasteiger partial charge in [0.05, 0.1) is 16.8 Å². The molecule has 0 unspecified atom stereocenters. The van der Waals surface area contributed by atoms with Crippen molar-refractivity contribution in [2.24, 2.45) is 5.84 Å². The van der Waals surface area contributed by atoms with Crippen molar-refractivity contribution in [1.82, 2.24) is 4.98 Å². The fourth-order valence-corrected chi connectivity index (χ4v) is 1.86. The summed E-state index contributed by atoms with van der Waals surface area (Å²) in [5, 5.41) is 0. The summed E-state index contributed by atoms with van der Waals surface area (Å²) in [7, 11) is 1.97.